The van der Waals surface area contributed by atoms with E-state index in [-0.39, 0.29) is 11.2 Å². The molecule has 0 aliphatic carbocycles. The molecule has 64 valence electrons. The maximum atomic E-state index is 11.1. The van der Waals surface area contributed by atoms with Crippen LogP contribution in [-0.4, -0.2) is 39.1 Å². The van der Waals surface area contributed by atoms with Gasteiger partial charge in [-0.05, 0) is 6.92 Å². The minimum atomic E-state index is -0.716. The summed E-state index contributed by atoms with van der Waals surface area (Å²) in [5, 5.41) is 0.146. The van der Waals surface area contributed by atoms with Gasteiger partial charge in [-0.3, -0.25) is 9.00 Å². The van der Waals surface area contributed by atoms with Crippen LogP contribution in [0.3, 0.4) is 0 Å². The van der Waals surface area contributed by atoms with Crippen LogP contribution in [0.15, 0.2) is 0 Å². The number of amides is 1. The fourth-order valence-corrected chi connectivity index (χ4v) is 2.32. The smallest absolute Gasteiger partial charge is 0.219 e. The molecular formula is C7H13NO2S. The molecule has 0 radical (unpaired) electrons. The van der Waals surface area contributed by atoms with E-state index in [0.29, 0.717) is 18.8 Å². The van der Waals surface area contributed by atoms with Crippen molar-refractivity contribution in [3.8, 4) is 0 Å². The zero-order valence-corrected chi connectivity index (χ0v) is 7.69. The zero-order valence-electron chi connectivity index (χ0n) is 6.87. The molecule has 0 spiro atoms. The molecular weight excluding hydrogens is 162 g/mol. The van der Waals surface area contributed by atoms with Gasteiger partial charge < -0.3 is 4.90 Å². The molecule has 2 unspecified atom stereocenters. The van der Waals surface area contributed by atoms with E-state index in [4.69, 9.17) is 0 Å². The number of hydrogen-bond donors (Lipinski definition) is 0. The summed E-state index contributed by atoms with van der Waals surface area (Å²) in [6.07, 6.45) is 0. The number of hydrogen-bond acceptors (Lipinski definition) is 2. The minimum Gasteiger partial charge on any atom is -0.341 e. The second-order valence-corrected chi connectivity index (χ2v) is 4.83. The lowest BCUT2D eigenvalue weighted by molar-refractivity contribution is -0.128. The van der Waals surface area contributed by atoms with Crippen LogP contribution in [0.1, 0.15) is 13.8 Å². The van der Waals surface area contributed by atoms with Gasteiger partial charge in [0.1, 0.15) is 0 Å². The standard InChI is InChI=1S/C7H13NO2S/c1-6-5-8(7(2)9)3-4-11(6)10/h6H,3-5H2,1-2H3. The maximum absolute atomic E-state index is 11.1. The highest BCUT2D eigenvalue weighted by Crippen LogP contribution is 2.07. The summed E-state index contributed by atoms with van der Waals surface area (Å²) in [6, 6.07) is 0. The Balaban J connectivity index is 2.52. The van der Waals surface area contributed by atoms with Crippen LogP contribution in [0, 0.1) is 0 Å². The van der Waals surface area contributed by atoms with Crippen LogP contribution in [-0.2, 0) is 15.6 Å². The Morgan fingerprint density at radius 1 is 1.64 bits per heavy atom. The monoisotopic (exact) mass is 175 g/mol. The van der Waals surface area contributed by atoms with Gasteiger partial charge in [0.2, 0.25) is 5.91 Å². The molecule has 1 amide bonds. The van der Waals surface area contributed by atoms with Gasteiger partial charge in [-0.25, -0.2) is 0 Å². The molecule has 1 aliphatic rings. The summed E-state index contributed by atoms with van der Waals surface area (Å²) in [5.41, 5.74) is 0. The largest absolute Gasteiger partial charge is 0.341 e. The molecule has 1 saturated heterocycles. The molecule has 1 fully saturated rings. The van der Waals surface area contributed by atoms with Crippen molar-refractivity contribution in [2.24, 2.45) is 0 Å². The Kier molecular flexibility index (Phi) is 2.65. The zero-order chi connectivity index (χ0) is 8.43. The lowest BCUT2D eigenvalue weighted by Crippen LogP contribution is -2.44. The van der Waals surface area contributed by atoms with Gasteiger partial charge in [0.05, 0.1) is 0 Å². The van der Waals surface area contributed by atoms with E-state index in [1.165, 1.54) is 0 Å². The highest BCUT2D eigenvalue weighted by Gasteiger charge is 2.23. The molecule has 0 bridgehead atoms. The van der Waals surface area contributed by atoms with Crippen molar-refractivity contribution in [2.45, 2.75) is 19.1 Å². The third-order valence-electron chi connectivity index (χ3n) is 1.93. The summed E-state index contributed by atoms with van der Waals surface area (Å²) in [4.78, 5) is 12.6. The summed E-state index contributed by atoms with van der Waals surface area (Å²) < 4.78 is 11.1. The van der Waals surface area contributed by atoms with Crippen molar-refractivity contribution in [3.63, 3.8) is 0 Å². The first kappa shape index (κ1) is 8.71. The molecule has 1 aliphatic heterocycles. The predicted molar refractivity (Wildman–Crippen MR) is 44.7 cm³/mol. The van der Waals surface area contributed by atoms with E-state index >= 15 is 0 Å². The van der Waals surface area contributed by atoms with Crippen LogP contribution in [0.4, 0.5) is 0 Å². The minimum absolute atomic E-state index is 0.0913. The fraction of sp³-hybridized carbons (Fsp3) is 0.857. The summed E-state index contributed by atoms with van der Waals surface area (Å²) in [7, 11) is -0.716. The normalized spacial score (nSPS) is 32.0. The first-order valence-electron chi connectivity index (χ1n) is 3.74. The van der Waals surface area contributed by atoms with E-state index in [2.05, 4.69) is 0 Å². The summed E-state index contributed by atoms with van der Waals surface area (Å²) in [5.74, 6) is 0.731. The quantitative estimate of drug-likeness (QED) is 0.519. The Labute approximate surface area is 69.2 Å². The first-order valence-corrected chi connectivity index (χ1v) is 5.12. The van der Waals surface area contributed by atoms with Crippen LogP contribution in [0.5, 0.6) is 0 Å². The average molecular weight is 175 g/mol. The van der Waals surface area contributed by atoms with Crippen LogP contribution in [0.25, 0.3) is 0 Å². The van der Waals surface area contributed by atoms with Crippen molar-refractivity contribution in [3.05, 3.63) is 0 Å². The number of carbonyl (C=O) groups excluding carboxylic acids is 1. The molecule has 3 nitrogen and oxygen atoms in total. The number of rotatable bonds is 0. The fourth-order valence-electron chi connectivity index (χ4n) is 1.17. The molecule has 0 aromatic carbocycles. The van der Waals surface area contributed by atoms with Crippen LogP contribution >= 0.6 is 0 Å². The van der Waals surface area contributed by atoms with E-state index in [9.17, 15) is 9.00 Å². The number of nitrogens with zero attached hydrogens (tertiary/aromatic N) is 1. The number of carbonyl (C=O) groups is 1. The highest BCUT2D eigenvalue weighted by molar-refractivity contribution is 7.85. The summed E-state index contributed by atoms with van der Waals surface area (Å²) in [6.45, 7) is 4.79. The van der Waals surface area contributed by atoms with E-state index < -0.39 is 10.8 Å². The van der Waals surface area contributed by atoms with Gasteiger partial charge in [0, 0.05) is 41.8 Å². The SMILES string of the molecule is CC(=O)N1CCS(=O)C(C)C1. The van der Waals surface area contributed by atoms with Crippen molar-refractivity contribution in [2.75, 3.05) is 18.8 Å². The second kappa shape index (κ2) is 3.34. The third-order valence-corrected chi connectivity index (χ3v) is 3.57. The second-order valence-electron chi connectivity index (χ2n) is 2.86. The molecule has 1 rings (SSSR count). The molecule has 11 heavy (non-hydrogen) atoms. The van der Waals surface area contributed by atoms with E-state index in [1.54, 1.807) is 11.8 Å². The molecule has 0 N–H and O–H groups in total. The van der Waals surface area contributed by atoms with Gasteiger partial charge in [-0.2, -0.15) is 0 Å². The predicted octanol–water partition coefficient (Wildman–Crippen LogP) is -0.0143. The Morgan fingerprint density at radius 3 is 2.73 bits per heavy atom. The third kappa shape index (κ3) is 2.02. The van der Waals surface area contributed by atoms with E-state index in [1.807, 2.05) is 6.92 Å². The van der Waals surface area contributed by atoms with Crippen LogP contribution in [0.2, 0.25) is 0 Å². The van der Waals surface area contributed by atoms with Crippen molar-refractivity contribution in [1.29, 1.82) is 0 Å². The Morgan fingerprint density at radius 2 is 2.27 bits per heavy atom. The van der Waals surface area contributed by atoms with Gasteiger partial charge >= 0.3 is 0 Å². The molecule has 1 heterocycles. The molecule has 0 saturated carbocycles. The lowest BCUT2D eigenvalue weighted by Gasteiger charge is -2.29. The topological polar surface area (TPSA) is 37.4 Å². The average Bonchev–Trinajstić information content (AvgIpc) is 1.94. The molecule has 0 aromatic heterocycles. The Hall–Kier alpha value is -0.380. The van der Waals surface area contributed by atoms with E-state index in [0.717, 1.165) is 0 Å². The van der Waals surface area contributed by atoms with Gasteiger partial charge in [-0.1, -0.05) is 0 Å². The Bertz CT molecular complexity index is 193. The van der Waals surface area contributed by atoms with Gasteiger partial charge in [0.25, 0.3) is 0 Å². The van der Waals surface area contributed by atoms with Crippen molar-refractivity contribution >= 4 is 16.7 Å². The highest BCUT2D eigenvalue weighted by atomic mass is 32.2. The molecule has 0 aromatic rings. The first-order chi connectivity index (χ1) is 5.11. The van der Waals surface area contributed by atoms with Crippen LogP contribution < -0.4 is 0 Å². The lowest BCUT2D eigenvalue weighted by atomic mass is 10.4. The van der Waals surface area contributed by atoms with Gasteiger partial charge in [0.15, 0.2) is 0 Å². The maximum Gasteiger partial charge on any atom is 0.219 e. The van der Waals surface area contributed by atoms with Crippen molar-refractivity contribution < 1.29 is 9.00 Å². The summed E-state index contributed by atoms with van der Waals surface area (Å²) >= 11 is 0. The van der Waals surface area contributed by atoms with Crippen molar-refractivity contribution in [1.82, 2.24) is 4.90 Å². The molecule has 4 heteroatoms. The van der Waals surface area contributed by atoms with Gasteiger partial charge in [-0.15, -0.1) is 0 Å². The molecule has 2 atom stereocenters.